The molecule has 0 bridgehead atoms. The fraction of sp³-hybridized carbons (Fsp3) is 0.500. The molecule has 1 aromatic rings. The van der Waals surface area contributed by atoms with Crippen LogP contribution in [0.5, 0.6) is 0 Å². The summed E-state index contributed by atoms with van der Waals surface area (Å²) in [6.07, 6.45) is 0.703. The highest BCUT2D eigenvalue weighted by Crippen LogP contribution is 2.03. The van der Waals surface area contributed by atoms with Gasteiger partial charge in [0.15, 0.2) is 0 Å². The molecule has 0 unspecified atom stereocenters. The number of carbonyl (C=O) groups is 1. The summed E-state index contributed by atoms with van der Waals surface area (Å²) in [6, 6.07) is 9.67. The van der Waals surface area contributed by atoms with E-state index in [1.54, 1.807) is 19.1 Å². The van der Waals surface area contributed by atoms with Gasteiger partial charge in [0.2, 0.25) is 0 Å². The SMILES string of the molecule is [CH2][C@@H](Cc1ccccc1)NC(=O)N(CCOC)CCOC. The number of nitrogens with zero attached hydrogens (tertiary/aromatic N) is 1. The van der Waals surface area contributed by atoms with Crippen molar-refractivity contribution < 1.29 is 14.3 Å². The lowest BCUT2D eigenvalue weighted by atomic mass is 10.1. The molecule has 0 aliphatic rings. The van der Waals surface area contributed by atoms with Crippen LogP contribution < -0.4 is 5.32 Å². The average Bonchev–Trinajstić information content (AvgIpc) is 2.48. The Morgan fingerprint density at radius 2 is 1.76 bits per heavy atom. The van der Waals surface area contributed by atoms with Crippen LogP contribution >= 0.6 is 0 Å². The van der Waals surface area contributed by atoms with Crippen LogP contribution in [-0.2, 0) is 15.9 Å². The lowest BCUT2D eigenvalue weighted by molar-refractivity contribution is 0.121. The fourth-order valence-electron chi connectivity index (χ4n) is 1.93. The van der Waals surface area contributed by atoms with Gasteiger partial charge in [-0.15, -0.1) is 0 Å². The van der Waals surface area contributed by atoms with Crippen molar-refractivity contribution in [3.8, 4) is 0 Å². The molecule has 1 rings (SSSR count). The average molecular weight is 293 g/mol. The van der Waals surface area contributed by atoms with E-state index in [2.05, 4.69) is 12.2 Å². The molecule has 0 fully saturated rings. The summed E-state index contributed by atoms with van der Waals surface area (Å²) in [7, 11) is 3.23. The topological polar surface area (TPSA) is 50.8 Å². The Bertz CT molecular complexity index is 390. The van der Waals surface area contributed by atoms with Crippen molar-refractivity contribution in [3.63, 3.8) is 0 Å². The normalized spacial score (nSPS) is 12.0. The summed E-state index contributed by atoms with van der Waals surface area (Å²) in [5, 5.41) is 2.91. The Morgan fingerprint density at radius 3 is 2.29 bits per heavy atom. The number of nitrogens with one attached hydrogen (secondary N) is 1. The van der Waals surface area contributed by atoms with Gasteiger partial charge in [0.05, 0.1) is 13.2 Å². The number of ether oxygens (including phenoxy) is 2. The molecule has 21 heavy (non-hydrogen) atoms. The number of rotatable bonds is 9. The molecule has 1 aromatic carbocycles. The van der Waals surface area contributed by atoms with Crippen molar-refractivity contribution in [2.45, 2.75) is 12.5 Å². The number of carbonyl (C=O) groups excluding carboxylic acids is 1. The molecular weight excluding hydrogens is 268 g/mol. The Kier molecular flexibility index (Phi) is 8.47. The van der Waals surface area contributed by atoms with Crippen molar-refractivity contribution in [1.82, 2.24) is 10.2 Å². The summed E-state index contributed by atoms with van der Waals surface area (Å²) in [5.74, 6) is 0. The van der Waals surface area contributed by atoms with Crippen molar-refractivity contribution in [3.05, 3.63) is 42.8 Å². The maximum atomic E-state index is 12.2. The Labute approximate surface area is 127 Å². The van der Waals surface area contributed by atoms with Crippen LogP contribution in [0.25, 0.3) is 0 Å². The van der Waals surface area contributed by atoms with Gasteiger partial charge in [-0.05, 0) is 18.9 Å². The van der Waals surface area contributed by atoms with Crippen molar-refractivity contribution in [2.24, 2.45) is 0 Å². The number of methoxy groups -OCH3 is 2. The number of hydrogen-bond acceptors (Lipinski definition) is 3. The first-order valence-corrected chi connectivity index (χ1v) is 7.07. The highest BCUT2D eigenvalue weighted by atomic mass is 16.5. The van der Waals surface area contributed by atoms with Gasteiger partial charge in [-0.3, -0.25) is 0 Å². The summed E-state index contributed by atoms with van der Waals surface area (Å²) in [5.41, 5.74) is 1.15. The lowest BCUT2D eigenvalue weighted by Gasteiger charge is -2.24. The molecule has 0 aliphatic heterocycles. The highest BCUT2D eigenvalue weighted by Gasteiger charge is 2.15. The van der Waals surface area contributed by atoms with Gasteiger partial charge in [0.1, 0.15) is 0 Å². The molecule has 0 saturated heterocycles. The molecule has 5 nitrogen and oxygen atoms in total. The molecule has 1 N–H and O–H groups in total. The van der Waals surface area contributed by atoms with Crippen LogP contribution in [0.4, 0.5) is 4.79 Å². The maximum Gasteiger partial charge on any atom is 0.317 e. The number of urea groups is 1. The monoisotopic (exact) mass is 293 g/mol. The van der Waals surface area contributed by atoms with E-state index in [0.717, 1.165) is 5.56 Å². The van der Waals surface area contributed by atoms with Crippen LogP contribution in [-0.4, -0.2) is 57.5 Å². The van der Waals surface area contributed by atoms with Gasteiger partial charge in [0.25, 0.3) is 0 Å². The summed E-state index contributed by atoms with van der Waals surface area (Å²) >= 11 is 0. The van der Waals surface area contributed by atoms with E-state index in [0.29, 0.717) is 32.7 Å². The minimum absolute atomic E-state index is 0.139. The molecule has 0 aromatic heterocycles. The Hall–Kier alpha value is -1.59. The molecule has 2 amide bonds. The van der Waals surface area contributed by atoms with E-state index in [1.165, 1.54) is 0 Å². The van der Waals surface area contributed by atoms with E-state index in [-0.39, 0.29) is 12.1 Å². The molecule has 1 radical (unpaired) electrons. The molecule has 1 atom stereocenters. The fourth-order valence-corrected chi connectivity index (χ4v) is 1.93. The smallest absolute Gasteiger partial charge is 0.317 e. The van der Waals surface area contributed by atoms with E-state index in [9.17, 15) is 4.79 Å². The lowest BCUT2D eigenvalue weighted by Crippen LogP contribution is -2.47. The first-order chi connectivity index (χ1) is 10.2. The number of hydrogen-bond donors (Lipinski definition) is 1. The number of amides is 2. The zero-order valence-corrected chi connectivity index (χ0v) is 12.9. The standard InChI is InChI=1S/C16H25N2O3/c1-14(13-15-7-5-4-6-8-15)17-16(19)18(9-11-20-2)10-12-21-3/h4-8,14H,1,9-13H2,2-3H3,(H,17,19)/t14-/m0/s1. The third-order valence-electron chi connectivity index (χ3n) is 3.07. The van der Waals surface area contributed by atoms with Crippen LogP contribution in [0.1, 0.15) is 5.56 Å². The van der Waals surface area contributed by atoms with Gasteiger partial charge in [-0.1, -0.05) is 30.3 Å². The van der Waals surface area contributed by atoms with Crippen LogP contribution in [0, 0.1) is 6.92 Å². The van der Waals surface area contributed by atoms with Crippen LogP contribution in [0.15, 0.2) is 30.3 Å². The maximum absolute atomic E-state index is 12.2. The van der Waals surface area contributed by atoms with E-state index >= 15 is 0 Å². The predicted octanol–water partition coefficient (Wildman–Crippen LogP) is 1.74. The third-order valence-corrected chi connectivity index (χ3v) is 3.07. The van der Waals surface area contributed by atoms with Gasteiger partial charge in [-0.2, -0.15) is 0 Å². The second-order valence-corrected chi connectivity index (χ2v) is 4.81. The second-order valence-electron chi connectivity index (χ2n) is 4.81. The second kappa shape index (κ2) is 10.2. The molecule has 0 saturated carbocycles. The van der Waals surface area contributed by atoms with Gasteiger partial charge in [0, 0.05) is 33.4 Å². The summed E-state index contributed by atoms with van der Waals surface area (Å²) in [4.78, 5) is 13.9. The highest BCUT2D eigenvalue weighted by molar-refractivity contribution is 5.74. The van der Waals surface area contributed by atoms with Gasteiger partial charge >= 0.3 is 6.03 Å². The molecule has 117 valence electrons. The molecular formula is C16H25N2O3. The molecule has 0 heterocycles. The number of benzene rings is 1. The zero-order chi connectivity index (χ0) is 15.5. The predicted molar refractivity (Wildman–Crippen MR) is 83.1 cm³/mol. The zero-order valence-electron chi connectivity index (χ0n) is 12.9. The van der Waals surface area contributed by atoms with E-state index in [1.807, 2.05) is 30.3 Å². The first-order valence-electron chi connectivity index (χ1n) is 7.07. The van der Waals surface area contributed by atoms with E-state index in [4.69, 9.17) is 9.47 Å². The molecule has 0 aliphatic carbocycles. The van der Waals surface area contributed by atoms with Crippen molar-refractivity contribution in [1.29, 1.82) is 0 Å². The first kappa shape index (κ1) is 17.5. The minimum Gasteiger partial charge on any atom is -0.383 e. The van der Waals surface area contributed by atoms with Crippen molar-refractivity contribution >= 4 is 6.03 Å². The van der Waals surface area contributed by atoms with Gasteiger partial charge < -0.3 is 19.7 Å². The minimum atomic E-state index is -0.174. The van der Waals surface area contributed by atoms with Crippen LogP contribution in [0.2, 0.25) is 0 Å². The Balaban J connectivity index is 2.46. The van der Waals surface area contributed by atoms with E-state index < -0.39 is 0 Å². The third kappa shape index (κ3) is 7.11. The van der Waals surface area contributed by atoms with Gasteiger partial charge in [-0.25, -0.2) is 4.79 Å². The summed E-state index contributed by atoms with van der Waals surface area (Å²) < 4.78 is 10.0. The molecule has 5 heteroatoms. The summed E-state index contributed by atoms with van der Waals surface area (Å²) in [6.45, 7) is 6.05. The van der Waals surface area contributed by atoms with Crippen LogP contribution in [0.3, 0.4) is 0 Å². The quantitative estimate of drug-likeness (QED) is 0.754. The molecule has 0 spiro atoms. The Morgan fingerprint density at radius 1 is 1.19 bits per heavy atom. The largest absolute Gasteiger partial charge is 0.383 e. The van der Waals surface area contributed by atoms with Crippen molar-refractivity contribution in [2.75, 3.05) is 40.5 Å².